The van der Waals surface area contributed by atoms with Gasteiger partial charge in [0.05, 0.1) is 23.6 Å². The Morgan fingerprint density at radius 2 is 1.77 bits per heavy atom. The van der Waals surface area contributed by atoms with Crippen LogP contribution in [0.1, 0.15) is 37.3 Å². The maximum atomic E-state index is 12.9. The first-order valence-corrected chi connectivity index (χ1v) is 11.1. The van der Waals surface area contributed by atoms with Crippen molar-refractivity contribution in [1.29, 1.82) is 0 Å². The second kappa shape index (κ2) is 8.26. The van der Waals surface area contributed by atoms with Crippen LogP contribution < -0.4 is 16.0 Å². The van der Waals surface area contributed by atoms with Gasteiger partial charge >= 0.3 is 0 Å². The number of aromatic nitrogens is 4. The lowest BCUT2D eigenvalue weighted by Crippen LogP contribution is -2.46. The van der Waals surface area contributed by atoms with Crippen molar-refractivity contribution in [2.24, 2.45) is 7.05 Å². The van der Waals surface area contributed by atoms with E-state index in [1.54, 1.807) is 25.9 Å². The molecule has 1 aliphatic heterocycles. The molecule has 0 amide bonds. The van der Waals surface area contributed by atoms with Gasteiger partial charge in [-0.25, -0.2) is 9.97 Å². The van der Waals surface area contributed by atoms with Crippen molar-refractivity contribution in [3.05, 3.63) is 63.3 Å². The first-order valence-electron chi connectivity index (χ1n) is 11.1. The summed E-state index contributed by atoms with van der Waals surface area (Å²) in [5.41, 5.74) is 2.67. The number of nitrogens with zero attached hydrogens (tertiary/aromatic N) is 6. The van der Waals surface area contributed by atoms with Crippen molar-refractivity contribution in [3.8, 4) is 0 Å². The SMILES string of the molecule is Cn1cncc(CN2CCN(c3ccc4c(=O)n(C5CCCC5)cnc4c3)CC2)c1=O. The molecule has 2 aromatic heterocycles. The lowest BCUT2D eigenvalue weighted by atomic mass is 10.1. The minimum Gasteiger partial charge on any atom is -0.369 e. The van der Waals surface area contributed by atoms with Gasteiger partial charge in [-0.3, -0.25) is 19.1 Å². The molecule has 3 heterocycles. The molecule has 3 aromatic rings. The highest BCUT2D eigenvalue weighted by molar-refractivity contribution is 5.81. The van der Waals surface area contributed by atoms with Gasteiger partial charge in [0.25, 0.3) is 11.1 Å². The van der Waals surface area contributed by atoms with Crippen molar-refractivity contribution in [1.82, 2.24) is 24.0 Å². The lowest BCUT2D eigenvalue weighted by Gasteiger charge is -2.36. The van der Waals surface area contributed by atoms with E-state index in [1.807, 2.05) is 22.8 Å². The van der Waals surface area contributed by atoms with Gasteiger partial charge in [0.2, 0.25) is 0 Å². The van der Waals surface area contributed by atoms with Crippen LogP contribution >= 0.6 is 0 Å². The van der Waals surface area contributed by atoms with Crippen LogP contribution in [0.5, 0.6) is 0 Å². The van der Waals surface area contributed by atoms with Gasteiger partial charge in [-0.1, -0.05) is 12.8 Å². The summed E-state index contributed by atoms with van der Waals surface area (Å²) in [6.07, 6.45) is 9.46. The van der Waals surface area contributed by atoms with Gasteiger partial charge in [0.1, 0.15) is 0 Å². The highest BCUT2D eigenvalue weighted by Crippen LogP contribution is 2.28. The molecule has 1 aromatic carbocycles. The fourth-order valence-corrected chi connectivity index (χ4v) is 4.83. The Kier molecular flexibility index (Phi) is 5.31. The fourth-order valence-electron chi connectivity index (χ4n) is 4.83. The number of fused-ring (bicyclic) bond motifs is 1. The molecule has 0 bridgehead atoms. The first-order chi connectivity index (χ1) is 15.1. The Hall–Kier alpha value is -3.00. The summed E-state index contributed by atoms with van der Waals surface area (Å²) in [5.74, 6) is 0. The highest BCUT2D eigenvalue weighted by atomic mass is 16.1. The Balaban J connectivity index is 1.29. The molecule has 8 nitrogen and oxygen atoms in total. The van der Waals surface area contributed by atoms with Crippen LogP contribution in [0, 0.1) is 0 Å². The van der Waals surface area contributed by atoms with Crippen LogP contribution in [-0.2, 0) is 13.6 Å². The van der Waals surface area contributed by atoms with Crippen LogP contribution in [0.2, 0.25) is 0 Å². The molecule has 1 saturated carbocycles. The average molecular weight is 421 g/mol. The summed E-state index contributed by atoms with van der Waals surface area (Å²) in [5, 5.41) is 0.698. The predicted molar refractivity (Wildman–Crippen MR) is 120 cm³/mol. The maximum Gasteiger partial charge on any atom is 0.261 e. The first kappa shape index (κ1) is 19.9. The van der Waals surface area contributed by atoms with E-state index in [9.17, 15) is 9.59 Å². The van der Waals surface area contributed by atoms with E-state index in [2.05, 4.69) is 19.8 Å². The van der Waals surface area contributed by atoms with Gasteiger partial charge < -0.3 is 9.47 Å². The molecule has 0 unspecified atom stereocenters. The highest BCUT2D eigenvalue weighted by Gasteiger charge is 2.21. The minimum absolute atomic E-state index is 0.0151. The monoisotopic (exact) mass is 420 g/mol. The molecule has 0 N–H and O–H groups in total. The van der Waals surface area contributed by atoms with Crippen molar-refractivity contribution in [2.75, 3.05) is 31.1 Å². The van der Waals surface area contributed by atoms with Crippen LogP contribution in [0.25, 0.3) is 10.9 Å². The van der Waals surface area contributed by atoms with Crippen LogP contribution in [0.4, 0.5) is 5.69 Å². The molecular weight excluding hydrogens is 392 g/mol. The molecule has 31 heavy (non-hydrogen) atoms. The molecule has 1 aliphatic carbocycles. The van der Waals surface area contributed by atoms with Gasteiger partial charge in [0.15, 0.2) is 0 Å². The topological polar surface area (TPSA) is 76.3 Å². The Labute approximate surface area is 180 Å². The molecule has 2 aliphatic rings. The van der Waals surface area contributed by atoms with Gasteiger partial charge in [-0.15, -0.1) is 0 Å². The number of rotatable bonds is 4. The van der Waals surface area contributed by atoms with E-state index in [1.165, 1.54) is 17.4 Å². The van der Waals surface area contributed by atoms with Crippen LogP contribution in [0.15, 0.2) is 46.6 Å². The molecule has 5 rings (SSSR count). The normalized spacial score (nSPS) is 18.2. The summed E-state index contributed by atoms with van der Waals surface area (Å²) in [7, 11) is 1.73. The van der Waals surface area contributed by atoms with Crippen molar-refractivity contribution < 1.29 is 0 Å². The van der Waals surface area contributed by atoms with Crippen molar-refractivity contribution in [2.45, 2.75) is 38.3 Å². The van der Waals surface area contributed by atoms with Crippen LogP contribution in [0.3, 0.4) is 0 Å². The molecule has 8 heteroatoms. The number of aryl methyl sites for hydroxylation is 1. The van der Waals surface area contributed by atoms with Crippen LogP contribution in [-0.4, -0.2) is 50.2 Å². The molecule has 162 valence electrons. The third-order valence-corrected chi connectivity index (χ3v) is 6.68. The number of hydrogen-bond acceptors (Lipinski definition) is 6. The minimum atomic E-state index is 0.0151. The number of benzene rings is 1. The quantitative estimate of drug-likeness (QED) is 0.642. The van der Waals surface area contributed by atoms with E-state index in [0.717, 1.165) is 55.8 Å². The third-order valence-electron chi connectivity index (χ3n) is 6.68. The second-order valence-electron chi connectivity index (χ2n) is 8.69. The standard InChI is InChI=1S/C23H28N6O2/c1-26-15-24-13-17(22(26)30)14-27-8-10-28(11-9-27)19-6-7-20-21(12-19)25-16-29(23(20)31)18-4-2-3-5-18/h6-7,12-13,15-16,18H,2-5,8-11,14H2,1H3. The third kappa shape index (κ3) is 3.87. The average Bonchev–Trinajstić information content (AvgIpc) is 3.32. The van der Waals surface area contributed by atoms with E-state index in [-0.39, 0.29) is 11.1 Å². The van der Waals surface area contributed by atoms with E-state index < -0.39 is 0 Å². The zero-order valence-electron chi connectivity index (χ0n) is 17.9. The number of anilines is 1. The molecular formula is C23H28N6O2. The summed E-state index contributed by atoms with van der Waals surface area (Å²) < 4.78 is 3.35. The van der Waals surface area contributed by atoms with Gasteiger partial charge in [0, 0.05) is 63.3 Å². The molecule has 1 saturated heterocycles. The van der Waals surface area contributed by atoms with E-state index >= 15 is 0 Å². The Morgan fingerprint density at radius 1 is 1.00 bits per heavy atom. The summed E-state index contributed by atoms with van der Waals surface area (Å²) >= 11 is 0. The zero-order valence-corrected chi connectivity index (χ0v) is 17.9. The van der Waals surface area contributed by atoms with Gasteiger partial charge in [-0.2, -0.15) is 0 Å². The lowest BCUT2D eigenvalue weighted by molar-refractivity contribution is 0.248. The largest absolute Gasteiger partial charge is 0.369 e. The Bertz CT molecular complexity index is 1200. The zero-order chi connectivity index (χ0) is 21.4. The van der Waals surface area contributed by atoms with E-state index in [0.29, 0.717) is 18.0 Å². The van der Waals surface area contributed by atoms with Crippen molar-refractivity contribution >= 4 is 16.6 Å². The summed E-state index contributed by atoms with van der Waals surface area (Å²) in [6.45, 7) is 4.09. The molecule has 0 atom stereocenters. The predicted octanol–water partition coefficient (Wildman–Crippen LogP) is 1.93. The van der Waals surface area contributed by atoms with E-state index in [4.69, 9.17) is 0 Å². The maximum absolute atomic E-state index is 12.9. The number of piperazine rings is 1. The fraction of sp³-hybridized carbons (Fsp3) is 0.478. The summed E-state index contributed by atoms with van der Waals surface area (Å²) in [6, 6.07) is 6.30. The second-order valence-corrected chi connectivity index (χ2v) is 8.69. The smallest absolute Gasteiger partial charge is 0.261 e. The van der Waals surface area contributed by atoms with Gasteiger partial charge in [-0.05, 0) is 31.0 Å². The molecule has 0 radical (unpaired) electrons. The molecule has 2 fully saturated rings. The molecule has 0 spiro atoms. The Morgan fingerprint density at radius 3 is 2.55 bits per heavy atom. The summed E-state index contributed by atoms with van der Waals surface area (Å²) in [4.78, 5) is 38.5. The van der Waals surface area contributed by atoms with Crippen molar-refractivity contribution in [3.63, 3.8) is 0 Å². The number of hydrogen-bond donors (Lipinski definition) is 0.